The number of piperazine rings is 1. The largest absolute Gasteiger partial charge is 0.481 e. The molecule has 0 aromatic heterocycles. The fraction of sp³-hybridized carbons (Fsp3) is 0.450. The van der Waals surface area contributed by atoms with E-state index in [1.165, 1.54) is 11.0 Å². The fourth-order valence-corrected chi connectivity index (χ4v) is 2.95. The first-order chi connectivity index (χ1) is 13.5. The Balaban J connectivity index is 2.01. The van der Waals surface area contributed by atoms with E-state index in [1.54, 1.807) is 6.08 Å². The second-order valence-electron chi connectivity index (χ2n) is 6.52. The van der Waals surface area contributed by atoms with Crippen LogP contribution in [0.3, 0.4) is 0 Å². The molecule has 0 aromatic rings. The Labute approximate surface area is 164 Å². The highest BCUT2D eigenvalue weighted by Crippen LogP contribution is 2.10. The second kappa shape index (κ2) is 10.9. The molecule has 8 nitrogen and oxygen atoms in total. The Hall–Kier alpha value is -3.05. The van der Waals surface area contributed by atoms with Gasteiger partial charge < -0.3 is 25.5 Å². The Morgan fingerprint density at radius 2 is 2.04 bits per heavy atom. The minimum absolute atomic E-state index is 0.179. The maximum absolute atomic E-state index is 12.6. The molecule has 2 aliphatic heterocycles. The number of carbonyl (C=O) groups excluding carboxylic acids is 2. The molecular formula is C20H26N4O4. The van der Waals surface area contributed by atoms with Gasteiger partial charge in [-0.3, -0.25) is 14.4 Å². The van der Waals surface area contributed by atoms with Gasteiger partial charge in [0.2, 0.25) is 11.8 Å². The van der Waals surface area contributed by atoms with Crippen molar-refractivity contribution < 1.29 is 19.5 Å². The van der Waals surface area contributed by atoms with Gasteiger partial charge >= 0.3 is 5.97 Å². The lowest BCUT2D eigenvalue weighted by molar-refractivity contribution is -0.137. The summed E-state index contributed by atoms with van der Waals surface area (Å²) >= 11 is 0. The summed E-state index contributed by atoms with van der Waals surface area (Å²) in [5, 5.41) is 14.6. The predicted octanol–water partition coefficient (Wildman–Crippen LogP) is -0.287. The summed E-state index contributed by atoms with van der Waals surface area (Å²) in [6, 6.07) is -0.904. The van der Waals surface area contributed by atoms with Crippen LogP contribution in [-0.2, 0) is 14.4 Å². The van der Waals surface area contributed by atoms with Crippen LogP contribution in [0, 0.1) is 12.3 Å². The minimum atomic E-state index is -1.10. The van der Waals surface area contributed by atoms with E-state index in [1.807, 2.05) is 18.2 Å². The van der Waals surface area contributed by atoms with Crippen molar-refractivity contribution in [2.45, 2.75) is 18.9 Å². The van der Waals surface area contributed by atoms with Gasteiger partial charge in [0.15, 0.2) is 0 Å². The number of rotatable bonds is 6. The van der Waals surface area contributed by atoms with Gasteiger partial charge in [-0.15, -0.1) is 6.42 Å². The van der Waals surface area contributed by atoms with E-state index in [2.05, 4.69) is 21.5 Å². The molecule has 1 fully saturated rings. The Bertz CT molecular complexity index is 714. The molecule has 1 atom stereocenters. The van der Waals surface area contributed by atoms with E-state index in [0.29, 0.717) is 13.0 Å². The fourth-order valence-electron chi connectivity index (χ4n) is 2.95. The Morgan fingerprint density at radius 1 is 1.29 bits per heavy atom. The van der Waals surface area contributed by atoms with Crippen LogP contribution in [0.5, 0.6) is 0 Å². The van der Waals surface area contributed by atoms with Crippen LogP contribution in [0.25, 0.3) is 0 Å². The number of aliphatic carboxylic acids is 1. The van der Waals surface area contributed by atoms with E-state index in [4.69, 9.17) is 11.5 Å². The molecule has 0 aromatic carbocycles. The summed E-state index contributed by atoms with van der Waals surface area (Å²) in [7, 11) is 0. The van der Waals surface area contributed by atoms with Gasteiger partial charge in [0.1, 0.15) is 6.04 Å². The molecule has 8 heteroatoms. The molecule has 0 bridgehead atoms. The van der Waals surface area contributed by atoms with Crippen LogP contribution in [-0.4, -0.2) is 78.0 Å². The van der Waals surface area contributed by atoms with Gasteiger partial charge in [0.25, 0.3) is 0 Å². The molecule has 2 amide bonds. The smallest absolute Gasteiger partial charge is 0.306 e. The van der Waals surface area contributed by atoms with E-state index >= 15 is 0 Å². The van der Waals surface area contributed by atoms with Crippen molar-refractivity contribution in [3.8, 4) is 12.3 Å². The van der Waals surface area contributed by atoms with Gasteiger partial charge in [-0.05, 0) is 18.6 Å². The molecule has 0 unspecified atom stereocenters. The van der Waals surface area contributed by atoms with Crippen molar-refractivity contribution in [2.24, 2.45) is 0 Å². The summed E-state index contributed by atoms with van der Waals surface area (Å²) in [6.45, 7) is 3.71. The molecule has 150 valence electrons. The zero-order chi connectivity index (χ0) is 20.4. The summed E-state index contributed by atoms with van der Waals surface area (Å²) in [5.41, 5.74) is 0.950. The van der Waals surface area contributed by atoms with E-state index < -0.39 is 17.9 Å². The number of terminal acetylenes is 1. The Morgan fingerprint density at radius 3 is 2.71 bits per heavy atom. The molecule has 1 saturated heterocycles. The van der Waals surface area contributed by atoms with E-state index in [-0.39, 0.29) is 18.9 Å². The van der Waals surface area contributed by atoms with Crippen LogP contribution in [0.1, 0.15) is 12.8 Å². The lowest BCUT2D eigenvalue weighted by Crippen LogP contribution is -2.44. The number of carbonyl (C=O) groups is 3. The molecule has 2 rings (SSSR count). The van der Waals surface area contributed by atoms with Crippen molar-refractivity contribution in [3.05, 3.63) is 36.1 Å². The maximum Gasteiger partial charge on any atom is 0.306 e. The van der Waals surface area contributed by atoms with E-state index in [9.17, 15) is 14.4 Å². The summed E-state index contributed by atoms with van der Waals surface area (Å²) in [6.07, 6.45) is 14.6. The average molecular weight is 386 g/mol. The summed E-state index contributed by atoms with van der Waals surface area (Å²) < 4.78 is 0. The van der Waals surface area contributed by atoms with Crippen molar-refractivity contribution in [3.63, 3.8) is 0 Å². The van der Waals surface area contributed by atoms with Crippen molar-refractivity contribution in [2.75, 3.05) is 39.3 Å². The Kier molecular flexibility index (Phi) is 8.31. The quantitative estimate of drug-likeness (QED) is 0.543. The number of carboxylic acids is 1. The summed E-state index contributed by atoms with van der Waals surface area (Å²) in [4.78, 5) is 39.2. The zero-order valence-corrected chi connectivity index (χ0v) is 15.8. The lowest BCUT2D eigenvalue weighted by atomic mass is 10.2. The molecular weight excluding hydrogens is 360 g/mol. The first-order valence-electron chi connectivity index (χ1n) is 9.26. The van der Waals surface area contributed by atoms with Crippen LogP contribution in [0.15, 0.2) is 36.1 Å². The molecule has 0 spiro atoms. The van der Waals surface area contributed by atoms with Gasteiger partial charge in [0.05, 0.1) is 13.0 Å². The molecule has 0 aliphatic carbocycles. The van der Waals surface area contributed by atoms with Crippen LogP contribution in [0.2, 0.25) is 0 Å². The second-order valence-corrected chi connectivity index (χ2v) is 6.52. The highest BCUT2D eigenvalue weighted by Gasteiger charge is 2.19. The number of nitrogens with one attached hydrogen (secondary N) is 2. The van der Waals surface area contributed by atoms with Crippen LogP contribution >= 0.6 is 0 Å². The average Bonchev–Trinajstić information content (AvgIpc) is 2.68. The number of carboxylic acid groups (broad SMARTS) is 1. The molecule has 28 heavy (non-hydrogen) atoms. The normalized spacial score (nSPS) is 23.0. The van der Waals surface area contributed by atoms with Crippen LogP contribution < -0.4 is 10.6 Å². The molecule has 0 radical (unpaired) electrons. The third-order valence-electron chi connectivity index (χ3n) is 4.41. The molecule has 2 aliphatic rings. The zero-order valence-electron chi connectivity index (χ0n) is 15.8. The van der Waals surface area contributed by atoms with Gasteiger partial charge in [-0.1, -0.05) is 18.1 Å². The van der Waals surface area contributed by atoms with Crippen molar-refractivity contribution >= 4 is 17.8 Å². The molecule has 3 N–H and O–H groups in total. The first-order valence-corrected chi connectivity index (χ1v) is 9.26. The monoisotopic (exact) mass is 386 g/mol. The molecule has 2 heterocycles. The SMILES string of the molecule is C#C[C@H](CC(=O)O)NC(=O)CN1CC/C=C/C=C(N2CCNCC2)\C=C\C1=O. The van der Waals surface area contributed by atoms with Crippen LogP contribution in [0.4, 0.5) is 0 Å². The summed E-state index contributed by atoms with van der Waals surface area (Å²) in [5.74, 6) is 0.380. The van der Waals surface area contributed by atoms with Gasteiger partial charge in [-0.25, -0.2) is 0 Å². The number of allylic oxidation sites excluding steroid dienone is 3. The first kappa shape index (κ1) is 21.3. The van der Waals surface area contributed by atoms with Crippen molar-refractivity contribution in [1.29, 1.82) is 0 Å². The minimum Gasteiger partial charge on any atom is -0.481 e. The third kappa shape index (κ3) is 6.93. The standard InChI is InChI=1S/C20H26N4O4/c1-2-16(14-20(27)28)22-18(25)15-24-11-5-3-4-6-17(7-8-19(24)26)23-12-9-21-10-13-23/h1,3-4,6-8,16,21H,5,9-15H2,(H,22,25)(H,27,28)/b4-3+,8-7+,17-6+/t16-/m1/s1. The highest BCUT2D eigenvalue weighted by molar-refractivity contribution is 5.92. The number of hydrogen-bond donors (Lipinski definition) is 3. The highest BCUT2D eigenvalue weighted by atomic mass is 16.4. The predicted molar refractivity (Wildman–Crippen MR) is 105 cm³/mol. The maximum atomic E-state index is 12.6. The lowest BCUT2D eigenvalue weighted by Gasteiger charge is -2.30. The van der Waals surface area contributed by atoms with Crippen molar-refractivity contribution in [1.82, 2.24) is 20.4 Å². The number of hydrogen-bond acceptors (Lipinski definition) is 5. The number of nitrogens with zero attached hydrogens (tertiary/aromatic N) is 2. The van der Waals surface area contributed by atoms with Gasteiger partial charge in [0, 0.05) is 44.5 Å². The van der Waals surface area contributed by atoms with Gasteiger partial charge in [-0.2, -0.15) is 0 Å². The third-order valence-corrected chi connectivity index (χ3v) is 4.41. The van der Waals surface area contributed by atoms with E-state index in [0.717, 1.165) is 31.9 Å². The topological polar surface area (TPSA) is 102 Å². The molecule has 0 saturated carbocycles. The number of amides is 2.